The molecule has 3 unspecified atom stereocenters. The standard InChI is InChI=1S/C13H23NO3/c1-9-6-7-17-12(9)13(16)14-8-11(15)10-4-2-3-5-10/h9-12,15H,2-8H2,1H3,(H,14,16). The molecule has 1 amide bonds. The van der Waals surface area contributed by atoms with Gasteiger partial charge in [-0.05, 0) is 31.1 Å². The van der Waals surface area contributed by atoms with E-state index in [9.17, 15) is 9.90 Å². The summed E-state index contributed by atoms with van der Waals surface area (Å²) in [5, 5.41) is 12.8. The fraction of sp³-hybridized carbons (Fsp3) is 0.923. The van der Waals surface area contributed by atoms with Crippen LogP contribution < -0.4 is 5.32 Å². The normalized spacial score (nSPS) is 31.6. The van der Waals surface area contributed by atoms with Gasteiger partial charge in [-0.25, -0.2) is 0 Å². The third-order valence-electron chi connectivity index (χ3n) is 4.08. The highest BCUT2D eigenvalue weighted by molar-refractivity contribution is 5.81. The van der Waals surface area contributed by atoms with E-state index in [1.165, 1.54) is 12.8 Å². The average Bonchev–Trinajstić information content (AvgIpc) is 2.95. The van der Waals surface area contributed by atoms with Crippen LogP contribution in [0, 0.1) is 11.8 Å². The van der Waals surface area contributed by atoms with Crippen LogP contribution in [0.1, 0.15) is 39.0 Å². The molecule has 3 atom stereocenters. The number of carbonyl (C=O) groups is 1. The van der Waals surface area contributed by atoms with E-state index in [0.29, 0.717) is 25.0 Å². The van der Waals surface area contributed by atoms with E-state index < -0.39 is 6.10 Å². The molecule has 17 heavy (non-hydrogen) atoms. The van der Waals surface area contributed by atoms with E-state index in [1.54, 1.807) is 0 Å². The minimum atomic E-state index is -0.391. The lowest BCUT2D eigenvalue weighted by molar-refractivity contribution is -0.132. The number of hydrogen-bond acceptors (Lipinski definition) is 3. The van der Waals surface area contributed by atoms with Crippen molar-refractivity contribution >= 4 is 5.91 Å². The van der Waals surface area contributed by atoms with E-state index in [2.05, 4.69) is 5.32 Å². The first kappa shape index (κ1) is 12.8. The van der Waals surface area contributed by atoms with Crippen LogP contribution in [-0.4, -0.2) is 36.4 Å². The lowest BCUT2D eigenvalue weighted by Gasteiger charge is -2.20. The second-order valence-electron chi connectivity index (χ2n) is 5.41. The summed E-state index contributed by atoms with van der Waals surface area (Å²) in [7, 11) is 0. The van der Waals surface area contributed by atoms with Crippen molar-refractivity contribution in [1.82, 2.24) is 5.32 Å². The van der Waals surface area contributed by atoms with E-state index in [4.69, 9.17) is 4.74 Å². The summed E-state index contributed by atoms with van der Waals surface area (Å²) in [5.74, 6) is 0.600. The third-order valence-corrected chi connectivity index (χ3v) is 4.08. The van der Waals surface area contributed by atoms with Gasteiger partial charge in [0.25, 0.3) is 0 Å². The van der Waals surface area contributed by atoms with Gasteiger partial charge in [-0.15, -0.1) is 0 Å². The van der Waals surface area contributed by atoms with Crippen molar-refractivity contribution in [2.24, 2.45) is 11.8 Å². The Morgan fingerprint density at radius 2 is 2.12 bits per heavy atom. The Bertz CT molecular complexity index is 263. The molecule has 1 saturated carbocycles. The Morgan fingerprint density at radius 1 is 1.41 bits per heavy atom. The van der Waals surface area contributed by atoms with Gasteiger partial charge in [-0.3, -0.25) is 4.79 Å². The molecule has 2 N–H and O–H groups in total. The van der Waals surface area contributed by atoms with Crippen LogP contribution in [0.2, 0.25) is 0 Å². The highest BCUT2D eigenvalue weighted by Crippen LogP contribution is 2.27. The van der Waals surface area contributed by atoms with Crippen LogP contribution >= 0.6 is 0 Å². The number of ether oxygens (including phenoxy) is 1. The zero-order chi connectivity index (χ0) is 12.3. The minimum absolute atomic E-state index is 0.0629. The molecule has 1 saturated heterocycles. The quantitative estimate of drug-likeness (QED) is 0.774. The topological polar surface area (TPSA) is 58.6 Å². The van der Waals surface area contributed by atoms with Crippen LogP contribution in [-0.2, 0) is 9.53 Å². The fourth-order valence-electron chi connectivity index (χ4n) is 2.85. The molecule has 2 aliphatic rings. The monoisotopic (exact) mass is 241 g/mol. The molecule has 0 radical (unpaired) electrons. The molecule has 4 nitrogen and oxygen atoms in total. The number of hydrogen-bond donors (Lipinski definition) is 2. The van der Waals surface area contributed by atoms with Gasteiger partial charge in [0, 0.05) is 13.2 Å². The molecule has 2 rings (SSSR count). The smallest absolute Gasteiger partial charge is 0.249 e. The first-order valence-electron chi connectivity index (χ1n) is 6.76. The van der Waals surface area contributed by atoms with E-state index in [-0.39, 0.29) is 12.0 Å². The summed E-state index contributed by atoms with van der Waals surface area (Å²) in [6.07, 6.45) is 4.84. The highest BCUT2D eigenvalue weighted by atomic mass is 16.5. The predicted octanol–water partition coefficient (Wildman–Crippen LogP) is 1.08. The third kappa shape index (κ3) is 3.19. The maximum absolute atomic E-state index is 11.8. The van der Waals surface area contributed by atoms with Gasteiger partial charge in [0.2, 0.25) is 5.91 Å². The average molecular weight is 241 g/mol. The Labute approximate surface area is 103 Å². The van der Waals surface area contributed by atoms with Gasteiger partial charge in [-0.2, -0.15) is 0 Å². The van der Waals surface area contributed by atoms with E-state index in [1.807, 2.05) is 6.92 Å². The lowest BCUT2D eigenvalue weighted by Crippen LogP contribution is -2.42. The maximum Gasteiger partial charge on any atom is 0.249 e. The minimum Gasteiger partial charge on any atom is -0.391 e. The summed E-state index contributed by atoms with van der Waals surface area (Å²) in [6.45, 7) is 3.07. The number of nitrogens with one attached hydrogen (secondary N) is 1. The largest absolute Gasteiger partial charge is 0.391 e. The van der Waals surface area contributed by atoms with Gasteiger partial charge in [-0.1, -0.05) is 19.8 Å². The second-order valence-corrected chi connectivity index (χ2v) is 5.41. The molecule has 0 bridgehead atoms. The molecule has 1 aliphatic carbocycles. The number of amides is 1. The van der Waals surface area contributed by atoms with Crippen LogP contribution in [0.3, 0.4) is 0 Å². The molecule has 4 heteroatoms. The molecule has 1 heterocycles. The van der Waals surface area contributed by atoms with Crippen LogP contribution in [0.4, 0.5) is 0 Å². The molecule has 0 aromatic carbocycles. The molecular formula is C13H23NO3. The molecular weight excluding hydrogens is 218 g/mol. The Balaban J connectivity index is 1.71. The van der Waals surface area contributed by atoms with Crippen LogP contribution in [0.15, 0.2) is 0 Å². The number of carbonyl (C=O) groups excluding carboxylic acids is 1. The van der Waals surface area contributed by atoms with Crippen molar-refractivity contribution in [3.63, 3.8) is 0 Å². The zero-order valence-corrected chi connectivity index (χ0v) is 10.5. The van der Waals surface area contributed by atoms with E-state index in [0.717, 1.165) is 19.3 Å². The Kier molecular flexibility index (Phi) is 4.40. The number of rotatable bonds is 4. The molecule has 1 aliphatic heterocycles. The second kappa shape index (κ2) is 5.83. The first-order valence-corrected chi connectivity index (χ1v) is 6.76. The Morgan fingerprint density at radius 3 is 2.71 bits per heavy atom. The summed E-state index contributed by atoms with van der Waals surface area (Å²) in [6, 6.07) is 0. The Hall–Kier alpha value is -0.610. The SMILES string of the molecule is CC1CCOC1C(=O)NCC(O)C1CCCC1. The molecule has 0 aromatic rings. The van der Waals surface area contributed by atoms with Crippen LogP contribution in [0.5, 0.6) is 0 Å². The van der Waals surface area contributed by atoms with Crippen molar-refractivity contribution in [3.05, 3.63) is 0 Å². The van der Waals surface area contributed by atoms with Gasteiger partial charge in [0.05, 0.1) is 6.10 Å². The molecule has 0 aromatic heterocycles. The molecule has 2 fully saturated rings. The fourth-order valence-corrected chi connectivity index (χ4v) is 2.85. The lowest BCUT2D eigenvalue weighted by atomic mass is 10.0. The molecule has 98 valence electrons. The van der Waals surface area contributed by atoms with Crippen molar-refractivity contribution in [2.75, 3.05) is 13.2 Å². The summed E-state index contributed by atoms with van der Waals surface area (Å²) in [5.41, 5.74) is 0. The van der Waals surface area contributed by atoms with Crippen molar-refractivity contribution in [2.45, 2.75) is 51.2 Å². The summed E-state index contributed by atoms with van der Waals surface area (Å²) < 4.78 is 5.39. The van der Waals surface area contributed by atoms with Crippen molar-refractivity contribution in [1.29, 1.82) is 0 Å². The number of aliphatic hydroxyl groups is 1. The van der Waals surface area contributed by atoms with Gasteiger partial charge < -0.3 is 15.2 Å². The van der Waals surface area contributed by atoms with Gasteiger partial charge >= 0.3 is 0 Å². The van der Waals surface area contributed by atoms with Gasteiger partial charge in [0.15, 0.2) is 0 Å². The highest BCUT2D eigenvalue weighted by Gasteiger charge is 2.31. The van der Waals surface area contributed by atoms with E-state index >= 15 is 0 Å². The zero-order valence-electron chi connectivity index (χ0n) is 10.5. The van der Waals surface area contributed by atoms with Crippen molar-refractivity contribution < 1.29 is 14.6 Å². The summed E-state index contributed by atoms with van der Waals surface area (Å²) in [4.78, 5) is 11.8. The maximum atomic E-state index is 11.8. The van der Waals surface area contributed by atoms with Crippen LogP contribution in [0.25, 0.3) is 0 Å². The van der Waals surface area contributed by atoms with Crippen molar-refractivity contribution in [3.8, 4) is 0 Å². The first-order chi connectivity index (χ1) is 8.18. The predicted molar refractivity (Wildman–Crippen MR) is 64.5 cm³/mol. The summed E-state index contributed by atoms with van der Waals surface area (Å²) >= 11 is 0. The number of aliphatic hydroxyl groups excluding tert-OH is 1. The molecule has 0 spiro atoms. The van der Waals surface area contributed by atoms with Gasteiger partial charge in [0.1, 0.15) is 6.10 Å².